The molecule has 4 rings (SSSR count). The molecule has 0 aliphatic carbocycles. The number of aliphatic carboxylic acids is 1. The normalized spacial score (nSPS) is 17.4. The van der Waals surface area contributed by atoms with Gasteiger partial charge in [-0.05, 0) is 60.5 Å². The number of hydrogen-bond acceptors (Lipinski definition) is 6. The molecule has 2 aromatic carbocycles. The first-order chi connectivity index (χ1) is 15.8. The average Bonchev–Trinajstić information content (AvgIpc) is 3.40. The Morgan fingerprint density at radius 2 is 1.82 bits per heavy atom. The van der Waals surface area contributed by atoms with Crippen LogP contribution in [-0.2, 0) is 20.8 Å². The zero-order valence-corrected chi connectivity index (χ0v) is 17.9. The van der Waals surface area contributed by atoms with Crippen LogP contribution in [0.15, 0.2) is 70.9 Å². The summed E-state index contributed by atoms with van der Waals surface area (Å²) in [5, 5.41) is 20.1. The van der Waals surface area contributed by atoms with E-state index in [1.165, 1.54) is 18.3 Å². The topological polar surface area (TPSA) is 117 Å². The van der Waals surface area contributed by atoms with Gasteiger partial charge in [0, 0.05) is 11.3 Å². The summed E-state index contributed by atoms with van der Waals surface area (Å²) in [6, 6.07) is 13.5. The van der Waals surface area contributed by atoms with Crippen LogP contribution in [0.3, 0.4) is 0 Å². The number of aryl methyl sites for hydroxylation is 1. The number of Topliss-reactive ketones (excluding diaryl/α,β-unsaturated/α-hetero) is 1. The van der Waals surface area contributed by atoms with Crippen LogP contribution in [0.2, 0.25) is 0 Å². The molecule has 0 spiro atoms. The molecule has 0 saturated carbocycles. The lowest BCUT2D eigenvalue weighted by Crippen LogP contribution is -2.29. The highest BCUT2D eigenvalue weighted by atomic mass is 16.5. The summed E-state index contributed by atoms with van der Waals surface area (Å²) in [7, 11) is 1.53. The van der Waals surface area contributed by atoms with E-state index < -0.39 is 23.7 Å². The fraction of sp³-hybridized carbons (Fsp3) is 0.160. The molecule has 2 heterocycles. The van der Waals surface area contributed by atoms with Crippen molar-refractivity contribution >= 4 is 29.1 Å². The standard InChI is InChI=1S/C25H21NO7/c1-14-12-17(32-2)9-10-18(14)23(29)21-22(19-4-3-11-33-19)26(25(31)24(21)30)16-7-5-15(6-8-16)13-20(27)28/h3-12,22,29H,13H2,1-2H3,(H,27,28)/b23-21-. The van der Waals surface area contributed by atoms with Gasteiger partial charge in [-0.25, -0.2) is 0 Å². The van der Waals surface area contributed by atoms with Gasteiger partial charge in [-0.3, -0.25) is 19.3 Å². The lowest BCUT2D eigenvalue weighted by atomic mass is 9.96. The van der Waals surface area contributed by atoms with Crippen molar-refractivity contribution < 1.29 is 33.8 Å². The number of amides is 1. The number of anilines is 1. The number of hydrogen-bond donors (Lipinski definition) is 2. The Morgan fingerprint density at radius 3 is 2.39 bits per heavy atom. The van der Waals surface area contributed by atoms with E-state index in [0.717, 1.165) is 0 Å². The van der Waals surface area contributed by atoms with E-state index in [2.05, 4.69) is 0 Å². The maximum atomic E-state index is 13.1. The number of ether oxygens (including phenoxy) is 1. The molecule has 3 aromatic rings. The van der Waals surface area contributed by atoms with Crippen molar-refractivity contribution in [1.82, 2.24) is 0 Å². The van der Waals surface area contributed by atoms with E-state index in [0.29, 0.717) is 33.9 Å². The molecule has 2 N–H and O–H groups in total. The monoisotopic (exact) mass is 447 g/mol. The molecule has 1 amide bonds. The summed E-state index contributed by atoms with van der Waals surface area (Å²) in [5.41, 5.74) is 1.87. The number of nitrogens with zero attached hydrogens (tertiary/aromatic N) is 1. The van der Waals surface area contributed by atoms with Crippen LogP contribution in [0.1, 0.15) is 28.5 Å². The predicted octanol–water partition coefficient (Wildman–Crippen LogP) is 3.85. The molecule has 1 aliphatic rings. The van der Waals surface area contributed by atoms with Gasteiger partial charge in [0.15, 0.2) is 0 Å². The van der Waals surface area contributed by atoms with E-state index >= 15 is 0 Å². The summed E-state index contributed by atoms with van der Waals surface area (Å²) in [6.07, 6.45) is 1.25. The van der Waals surface area contributed by atoms with Crippen molar-refractivity contribution in [2.24, 2.45) is 0 Å². The highest BCUT2D eigenvalue weighted by Crippen LogP contribution is 2.42. The number of methoxy groups -OCH3 is 1. The number of furan rings is 1. The second kappa shape index (κ2) is 8.66. The van der Waals surface area contributed by atoms with Gasteiger partial charge in [0.2, 0.25) is 0 Å². The second-order valence-electron chi connectivity index (χ2n) is 7.60. The molecule has 1 unspecified atom stereocenters. The molecule has 1 atom stereocenters. The summed E-state index contributed by atoms with van der Waals surface area (Å²) >= 11 is 0. The van der Waals surface area contributed by atoms with Gasteiger partial charge in [-0.1, -0.05) is 12.1 Å². The molecule has 8 heteroatoms. The van der Waals surface area contributed by atoms with Gasteiger partial charge in [-0.15, -0.1) is 0 Å². The van der Waals surface area contributed by atoms with Crippen LogP contribution < -0.4 is 9.64 Å². The van der Waals surface area contributed by atoms with Crippen molar-refractivity contribution in [2.75, 3.05) is 12.0 Å². The third kappa shape index (κ3) is 3.98. The van der Waals surface area contributed by atoms with E-state index in [4.69, 9.17) is 14.3 Å². The van der Waals surface area contributed by atoms with Crippen molar-refractivity contribution in [1.29, 1.82) is 0 Å². The molecule has 0 radical (unpaired) electrons. The SMILES string of the molecule is COc1ccc(/C(O)=C2/C(=O)C(=O)N(c3ccc(CC(=O)O)cc3)C2c2ccco2)c(C)c1. The molecular formula is C25H21NO7. The summed E-state index contributed by atoms with van der Waals surface area (Å²) in [6.45, 7) is 1.76. The zero-order valence-electron chi connectivity index (χ0n) is 17.9. The molecule has 0 bridgehead atoms. The highest BCUT2D eigenvalue weighted by Gasteiger charge is 2.48. The second-order valence-corrected chi connectivity index (χ2v) is 7.60. The quantitative estimate of drug-likeness (QED) is 0.335. The third-order valence-corrected chi connectivity index (χ3v) is 5.52. The first-order valence-electron chi connectivity index (χ1n) is 10.1. The largest absolute Gasteiger partial charge is 0.507 e. The van der Waals surface area contributed by atoms with Gasteiger partial charge < -0.3 is 19.4 Å². The van der Waals surface area contributed by atoms with Crippen molar-refractivity contribution in [2.45, 2.75) is 19.4 Å². The van der Waals surface area contributed by atoms with Crippen LogP contribution in [0.4, 0.5) is 5.69 Å². The van der Waals surface area contributed by atoms with Crippen LogP contribution in [-0.4, -0.2) is 35.0 Å². The molecule has 33 heavy (non-hydrogen) atoms. The number of rotatable bonds is 6. The first kappa shape index (κ1) is 21.9. The van der Waals surface area contributed by atoms with E-state index in [9.17, 15) is 19.5 Å². The van der Waals surface area contributed by atoms with E-state index in [1.807, 2.05) is 0 Å². The lowest BCUT2D eigenvalue weighted by molar-refractivity contribution is -0.136. The number of benzene rings is 2. The minimum Gasteiger partial charge on any atom is -0.507 e. The average molecular weight is 447 g/mol. The summed E-state index contributed by atoms with van der Waals surface area (Å²) < 4.78 is 10.7. The Kier molecular flexibility index (Phi) is 5.74. The molecular weight excluding hydrogens is 426 g/mol. The van der Waals surface area contributed by atoms with Gasteiger partial charge >= 0.3 is 5.97 Å². The Balaban J connectivity index is 1.85. The fourth-order valence-electron chi connectivity index (χ4n) is 3.94. The van der Waals surface area contributed by atoms with E-state index in [-0.39, 0.29) is 17.8 Å². The smallest absolute Gasteiger partial charge is 0.307 e. The molecule has 8 nitrogen and oxygen atoms in total. The number of carboxylic acid groups (broad SMARTS) is 1. The van der Waals surface area contributed by atoms with Crippen molar-refractivity contribution in [3.05, 3.63) is 88.9 Å². The highest BCUT2D eigenvalue weighted by molar-refractivity contribution is 6.51. The van der Waals surface area contributed by atoms with Gasteiger partial charge in [-0.2, -0.15) is 0 Å². The number of carbonyl (C=O) groups is 3. The van der Waals surface area contributed by atoms with Gasteiger partial charge in [0.05, 0.1) is 25.4 Å². The van der Waals surface area contributed by atoms with Crippen LogP contribution in [0.5, 0.6) is 5.75 Å². The van der Waals surface area contributed by atoms with Gasteiger partial charge in [0.25, 0.3) is 11.7 Å². The van der Waals surface area contributed by atoms with Crippen LogP contribution in [0.25, 0.3) is 5.76 Å². The Hall–Kier alpha value is -4.33. The number of ketones is 1. The fourth-order valence-corrected chi connectivity index (χ4v) is 3.94. The molecule has 1 fully saturated rings. The van der Waals surface area contributed by atoms with Crippen molar-refractivity contribution in [3.63, 3.8) is 0 Å². The number of aliphatic hydroxyl groups excluding tert-OH is 1. The summed E-state index contributed by atoms with van der Waals surface area (Å²) in [4.78, 5) is 38.4. The Labute approximate surface area is 189 Å². The maximum absolute atomic E-state index is 13.1. The predicted molar refractivity (Wildman–Crippen MR) is 119 cm³/mol. The van der Waals surface area contributed by atoms with Crippen LogP contribution in [0, 0.1) is 6.92 Å². The Morgan fingerprint density at radius 1 is 1.09 bits per heavy atom. The molecule has 1 aliphatic heterocycles. The van der Waals surface area contributed by atoms with Crippen LogP contribution >= 0.6 is 0 Å². The van der Waals surface area contributed by atoms with Crippen molar-refractivity contribution in [3.8, 4) is 5.75 Å². The Bertz CT molecular complexity index is 1260. The molecule has 1 saturated heterocycles. The minimum absolute atomic E-state index is 0.0992. The maximum Gasteiger partial charge on any atom is 0.307 e. The first-order valence-corrected chi connectivity index (χ1v) is 10.1. The van der Waals surface area contributed by atoms with Gasteiger partial charge in [0.1, 0.15) is 23.3 Å². The number of carboxylic acids is 1. The summed E-state index contributed by atoms with van der Waals surface area (Å²) in [5.74, 6) is -2.08. The zero-order chi connectivity index (χ0) is 23.7. The number of carbonyl (C=O) groups excluding carboxylic acids is 2. The minimum atomic E-state index is -0.994. The number of aliphatic hydroxyl groups is 1. The third-order valence-electron chi connectivity index (χ3n) is 5.52. The molecule has 1 aromatic heterocycles. The molecule has 168 valence electrons. The van der Waals surface area contributed by atoms with E-state index in [1.54, 1.807) is 61.5 Å². The lowest BCUT2D eigenvalue weighted by Gasteiger charge is -2.23.